The molecule has 0 aliphatic carbocycles. The number of hydrogen-bond donors (Lipinski definition) is 2. The summed E-state index contributed by atoms with van der Waals surface area (Å²) in [5, 5.41) is 3.08. The summed E-state index contributed by atoms with van der Waals surface area (Å²) in [4.78, 5) is 12.0. The molecule has 7 heteroatoms. The third kappa shape index (κ3) is 3.20. The van der Waals surface area contributed by atoms with Crippen molar-refractivity contribution >= 4 is 5.95 Å². The second-order valence-electron chi connectivity index (χ2n) is 3.12. The van der Waals surface area contributed by atoms with E-state index in [-0.39, 0.29) is 18.1 Å². The predicted molar refractivity (Wildman–Crippen MR) is 59.7 cm³/mol. The molecule has 1 aromatic heterocycles. The number of nitrogens with zero attached hydrogens (tertiary/aromatic N) is 3. The minimum Gasteiger partial charge on any atom is -0.467 e. The van der Waals surface area contributed by atoms with Gasteiger partial charge in [-0.3, -0.25) is 0 Å². The molecule has 0 aromatic carbocycles. The molecular weight excluding hydrogens is 210 g/mol. The fourth-order valence-electron chi connectivity index (χ4n) is 1.10. The van der Waals surface area contributed by atoms with Crippen LogP contribution >= 0.6 is 0 Å². The van der Waals surface area contributed by atoms with Crippen LogP contribution in [0.15, 0.2) is 0 Å². The smallest absolute Gasteiger partial charge is 0.324 e. The van der Waals surface area contributed by atoms with Crippen molar-refractivity contribution in [3.63, 3.8) is 0 Å². The highest BCUT2D eigenvalue weighted by atomic mass is 16.5. The van der Waals surface area contributed by atoms with Gasteiger partial charge in [-0.1, -0.05) is 6.92 Å². The zero-order valence-electron chi connectivity index (χ0n) is 9.73. The summed E-state index contributed by atoms with van der Waals surface area (Å²) in [7, 11) is 2.97. The quantitative estimate of drug-likeness (QED) is 0.708. The van der Waals surface area contributed by atoms with Gasteiger partial charge in [0.05, 0.1) is 14.2 Å². The molecule has 1 unspecified atom stereocenters. The minimum absolute atomic E-state index is 0.122. The molecule has 0 saturated carbocycles. The van der Waals surface area contributed by atoms with Crippen molar-refractivity contribution in [1.82, 2.24) is 15.0 Å². The van der Waals surface area contributed by atoms with E-state index in [1.165, 1.54) is 14.2 Å². The molecule has 1 heterocycles. The Kier molecular flexibility index (Phi) is 4.71. The fraction of sp³-hybridized carbons (Fsp3) is 0.667. The van der Waals surface area contributed by atoms with Gasteiger partial charge in [0, 0.05) is 12.6 Å². The molecule has 1 aromatic rings. The number of hydrogen-bond acceptors (Lipinski definition) is 7. The third-order valence-corrected chi connectivity index (χ3v) is 2.07. The van der Waals surface area contributed by atoms with Crippen LogP contribution < -0.4 is 20.5 Å². The molecular formula is C9H17N5O2. The van der Waals surface area contributed by atoms with E-state index < -0.39 is 0 Å². The molecule has 90 valence electrons. The molecule has 1 atom stereocenters. The van der Waals surface area contributed by atoms with Crippen molar-refractivity contribution in [1.29, 1.82) is 0 Å². The van der Waals surface area contributed by atoms with E-state index in [9.17, 15) is 0 Å². The second kappa shape index (κ2) is 6.06. The molecule has 0 aliphatic heterocycles. The van der Waals surface area contributed by atoms with Gasteiger partial charge in [-0.15, -0.1) is 4.98 Å². The summed E-state index contributed by atoms with van der Waals surface area (Å²) >= 11 is 0. The van der Waals surface area contributed by atoms with Gasteiger partial charge in [0.2, 0.25) is 5.95 Å². The van der Waals surface area contributed by atoms with Crippen molar-refractivity contribution in [2.75, 3.05) is 26.1 Å². The van der Waals surface area contributed by atoms with Gasteiger partial charge in [-0.05, 0) is 6.42 Å². The van der Waals surface area contributed by atoms with Crippen LogP contribution in [0.5, 0.6) is 12.0 Å². The largest absolute Gasteiger partial charge is 0.467 e. The molecule has 3 N–H and O–H groups in total. The molecule has 0 radical (unpaired) electrons. The van der Waals surface area contributed by atoms with Crippen molar-refractivity contribution in [3.05, 3.63) is 0 Å². The maximum atomic E-state index is 5.58. The summed E-state index contributed by atoms with van der Waals surface area (Å²) in [5.74, 6) is 0.404. The molecule has 7 nitrogen and oxygen atoms in total. The topological polar surface area (TPSA) is 95.2 Å². The maximum Gasteiger partial charge on any atom is 0.324 e. The number of aromatic nitrogens is 3. The zero-order valence-corrected chi connectivity index (χ0v) is 9.73. The number of nitrogens with one attached hydrogen (secondary N) is 1. The Bertz CT molecular complexity index is 307. The maximum absolute atomic E-state index is 5.58. The van der Waals surface area contributed by atoms with Gasteiger partial charge in [0.15, 0.2) is 0 Å². The number of ether oxygens (including phenoxy) is 2. The number of anilines is 1. The molecule has 0 spiro atoms. The van der Waals surface area contributed by atoms with Gasteiger partial charge in [-0.25, -0.2) is 0 Å². The van der Waals surface area contributed by atoms with E-state index in [1.54, 1.807) is 0 Å². The van der Waals surface area contributed by atoms with Crippen LogP contribution in [0.3, 0.4) is 0 Å². The lowest BCUT2D eigenvalue weighted by Gasteiger charge is -2.14. The molecule has 16 heavy (non-hydrogen) atoms. The fourth-order valence-corrected chi connectivity index (χ4v) is 1.10. The molecule has 0 fully saturated rings. The Morgan fingerprint density at radius 2 is 1.75 bits per heavy atom. The first-order valence-corrected chi connectivity index (χ1v) is 5.04. The Hall–Kier alpha value is -1.63. The first kappa shape index (κ1) is 12.4. The zero-order chi connectivity index (χ0) is 12.0. The van der Waals surface area contributed by atoms with Gasteiger partial charge in [0.1, 0.15) is 0 Å². The van der Waals surface area contributed by atoms with Gasteiger partial charge in [-0.2, -0.15) is 9.97 Å². The Morgan fingerprint density at radius 1 is 1.19 bits per heavy atom. The van der Waals surface area contributed by atoms with Crippen molar-refractivity contribution in [3.8, 4) is 12.0 Å². The highest BCUT2D eigenvalue weighted by Gasteiger charge is 2.10. The van der Waals surface area contributed by atoms with E-state index in [4.69, 9.17) is 15.2 Å². The number of nitrogens with two attached hydrogens (primary N) is 1. The van der Waals surface area contributed by atoms with Gasteiger partial charge < -0.3 is 20.5 Å². The molecule has 0 saturated heterocycles. The summed E-state index contributed by atoms with van der Waals surface area (Å²) in [6, 6.07) is 0.541. The van der Waals surface area contributed by atoms with Crippen molar-refractivity contribution in [2.24, 2.45) is 5.73 Å². The van der Waals surface area contributed by atoms with Crippen LogP contribution in [0.25, 0.3) is 0 Å². The van der Waals surface area contributed by atoms with E-state index in [0.29, 0.717) is 12.5 Å². The average molecular weight is 227 g/mol. The van der Waals surface area contributed by atoms with Crippen LogP contribution in [-0.2, 0) is 0 Å². The van der Waals surface area contributed by atoms with Crippen LogP contribution in [-0.4, -0.2) is 41.8 Å². The van der Waals surface area contributed by atoms with E-state index in [0.717, 1.165) is 6.42 Å². The first-order chi connectivity index (χ1) is 7.73. The molecule has 0 amide bonds. The first-order valence-electron chi connectivity index (χ1n) is 5.04. The molecule has 0 aliphatic rings. The van der Waals surface area contributed by atoms with Crippen LogP contribution in [0.1, 0.15) is 13.3 Å². The lowest BCUT2D eigenvalue weighted by Crippen LogP contribution is -2.29. The van der Waals surface area contributed by atoms with Crippen LogP contribution in [0.2, 0.25) is 0 Å². The highest BCUT2D eigenvalue weighted by molar-refractivity contribution is 5.29. The lowest BCUT2D eigenvalue weighted by atomic mass is 10.2. The SMILES string of the molecule is CCC(CN)Nc1nc(OC)nc(OC)n1. The normalized spacial score (nSPS) is 12.0. The monoisotopic (exact) mass is 227 g/mol. The van der Waals surface area contributed by atoms with Crippen molar-refractivity contribution in [2.45, 2.75) is 19.4 Å². The average Bonchev–Trinajstić information content (AvgIpc) is 2.35. The van der Waals surface area contributed by atoms with Gasteiger partial charge >= 0.3 is 12.0 Å². The summed E-state index contributed by atoms with van der Waals surface area (Å²) in [6.07, 6.45) is 0.882. The third-order valence-electron chi connectivity index (χ3n) is 2.07. The number of rotatable bonds is 6. The molecule has 1 rings (SSSR count). The summed E-state index contributed by atoms with van der Waals surface area (Å²) in [6.45, 7) is 2.53. The number of methoxy groups -OCH3 is 2. The van der Waals surface area contributed by atoms with Gasteiger partial charge in [0.25, 0.3) is 0 Å². The summed E-state index contributed by atoms with van der Waals surface area (Å²) < 4.78 is 9.87. The Morgan fingerprint density at radius 3 is 2.12 bits per heavy atom. The van der Waals surface area contributed by atoms with E-state index in [2.05, 4.69) is 20.3 Å². The van der Waals surface area contributed by atoms with Crippen LogP contribution in [0.4, 0.5) is 5.95 Å². The Labute approximate surface area is 94.4 Å². The van der Waals surface area contributed by atoms with Crippen LogP contribution in [0, 0.1) is 0 Å². The standard InChI is InChI=1S/C9H17N5O2/c1-4-6(5-10)11-7-12-8(15-2)14-9(13-7)16-3/h6H,4-5,10H2,1-3H3,(H,11,12,13,14). The lowest BCUT2D eigenvalue weighted by molar-refractivity contribution is 0.341. The van der Waals surface area contributed by atoms with E-state index in [1.807, 2.05) is 6.92 Å². The Balaban J connectivity index is 2.85. The minimum atomic E-state index is 0.122. The second-order valence-corrected chi connectivity index (χ2v) is 3.12. The van der Waals surface area contributed by atoms with E-state index >= 15 is 0 Å². The highest BCUT2D eigenvalue weighted by Crippen LogP contribution is 2.12. The predicted octanol–water partition coefficient (Wildman–Crippen LogP) is 0.0380. The molecule has 0 bridgehead atoms. The van der Waals surface area contributed by atoms with Crippen molar-refractivity contribution < 1.29 is 9.47 Å². The summed E-state index contributed by atoms with van der Waals surface area (Å²) in [5.41, 5.74) is 5.58.